The van der Waals surface area contributed by atoms with Gasteiger partial charge in [0.1, 0.15) is 50.1 Å². The van der Waals surface area contributed by atoms with Gasteiger partial charge in [0.25, 0.3) is 0 Å². The Balaban J connectivity index is 1.91. The molecule has 0 aliphatic carbocycles. The van der Waals surface area contributed by atoms with Crippen molar-refractivity contribution in [1.82, 2.24) is 0 Å². The van der Waals surface area contributed by atoms with Crippen LogP contribution >= 0.6 is 0 Å². The Morgan fingerprint density at radius 2 is 1.06 bits per heavy atom. The maximum atomic E-state index is 12.9. The second-order valence-electron chi connectivity index (χ2n) is 7.04. The molecule has 2 aromatic carbocycles. The molecule has 2 aromatic rings. The smallest absolute Gasteiger partial charge is 0.330 e. The summed E-state index contributed by atoms with van der Waals surface area (Å²) in [7, 11) is -3.82. The van der Waals surface area contributed by atoms with Crippen molar-refractivity contribution in [2.75, 3.05) is 26.4 Å². The topological polar surface area (TPSA) is 146 Å². The molecule has 0 saturated heterocycles. The van der Waals surface area contributed by atoms with Crippen LogP contribution in [0.15, 0.2) is 83.6 Å². The summed E-state index contributed by atoms with van der Waals surface area (Å²) in [6.07, 6.45) is -0.175. The monoisotopic (exact) mass is 506 g/mol. The first-order valence-electron chi connectivity index (χ1n) is 10.3. The third-order valence-electron chi connectivity index (χ3n) is 4.32. The van der Waals surface area contributed by atoms with Crippen molar-refractivity contribution >= 4 is 21.8 Å². The van der Waals surface area contributed by atoms with Crippen LogP contribution < -0.4 is 9.47 Å². The Morgan fingerprint density at radius 1 is 0.714 bits per heavy atom. The van der Waals surface area contributed by atoms with Gasteiger partial charge in [0.15, 0.2) is 0 Å². The van der Waals surface area contributed by atoms with Crippen LogP contribution in [-0.2, 0) is 28.9 Å². The van der Waals surface area contributed by atoms with Crippen LogP contribution in [-0.4, -0.2) is 69.2 Å². The Labute approximate surface area is 202 Å². The highest BCUT2D eigenvalue weighted by Gasteiger charge is 2.18. The number of hydrogen-bond donors (Lipinski definition) is 2. The lowest BCUT2D eigenvalue weighted by molar-refractivity contribution is -0.142. The Morgan fingerprint density at radius 3 is 1.37 bits per heavy atom. The fraction of sp³-hybridized carbons (Fsp3) is 0.250. The molecular weight excluding hydrogens is 480 g/mol. The Bertz CT molecular complexity index is 1020. The molecule has 0 aliphatic rings. The first-order valence-corrected chi connectivity index (χ1v) is 11.8. The minimum absolute atomic E-state index is 0.0263. The largest absolute Gasteiger partial charge is 0.491 e. The highest BCUT2D eigenvalue weighted by Crippen LogP contribution is 2.25. The van der Waals surface area contributed by atoms with E-state index in [1.165, 1.54) is 48.5 Å². The maximum absolute atomic E-state index is 12.9. The fourth-order valence-corrected chi connectivity index (χ4v) is 3.78. The van der Waals surface area contributed by atoms with E-state index in [0.717, 1.165) is 12.2 Å². The summed E-state index contributed by atoms with van der Waals surface area (Å²) < 4.78 is 45.9. The van der Waals surface area contributed by atoms with Crippen molar-refractivity contribution in [2.24, 2.45) is 0 Å². The number of benzene rings is 2. The van der Waals surface area contributed by atoms with Gasteiger partial charge in [0.2, 0.25) is 9.84 Å². The van der Waals surface area contributed by atoms with Gasteiger partial charge in [0.05, 0.1) is 9.79 Å². The molecule has 0 aromatic heterocycles. The molecule has 2 unspecified atom stereocenters. The molecule has 188 valence electrons. The van der Waals surface area contributed by atoms with Crippen molar-refractivity contribution in [3.63, 3.8) is 0 Å². The lowest BCUT2D eigenvalue weighted by Gasteiger charge is -2.13. The quantitative estimate of drug-likeness (QED) is 0.285. The predicted octanol–water partition coefficient (Wildman–Crippen LogP) is 1.46. The summed E-state index contributed by atoms with van der Waals surface area (Å²) in [5.74, 6) is -0.692. The number of esters is 2. The van der Waals surface area contributed by atoms with Gasteiger partial charge in [-0.1, -0.05) is 13.2 Å². The van der Waals surface area contributed by atoms with Crippen LogP contribution in [0.1, 0.15) is 0 Å². The number of hydrogen-bond acceptors (Lipinski definition) is 10. The van der Waals surface area contributed by atoms with E-state index in [1.807, 2.05) is 0 Å². The molecule has 2 N–H and O–H groups in total. The first-order chi connectivity index (χ1) is 16.6. The van der Waals surface area contributed by atoms with E-state index in [-0.39, 0.29) is 36.2 Å². The molecule has 0 radical (unpaired) electrons. The minimum atomic E-state index is -3.82. The van der Waals surface area contributed by atoms with Gasteiger partial charge in [-0.05, 0) is 48.5 Å². The fourth-order valence-electron chi connectivity index (χ4n) is 2.52. The van der Waals surface area contributed by atoms with Crippen molar-refractivity contribution in [3.05, 3.63) is 73.8 Å². The average Bonchev–Trinajstić information content (AvgIpc) is 2.88. The molecule has 0 heterocycles. The SMILES string of the molecule is C=CC(=O)OCC(O)COc1ccc(S(=O)(=O)c2ccc(OCC(O)COC(=O)C=C)cc2)cc1. The van der Waals surface area contributed by atoms with Gasteiger partial charge in [0, 0.05) is 12.2 Å². The number of rotatable bonds is 14. The summed E-state index contributed by atoms with van der Waals surface area (Å²) >= 11 is 0. The van der Waals surface area contributed by atoms with Gasteiger partial charge in [-0.25, -0.2) is 18.0 Å². The molecule has 0 aliphatic heterocycles. The zero-order chi connectivity index (χ0) is 25.8. The molecule has 11 heteroatoms. The van der Waals surface area contributed by atoms with Gasteiger partial charge >= 0.3 is 11.9 Å². The van der Waals surface area contributed by atoms with E-state index in [4.69, 9.17) is 18.9 Å². The van der Waals surface area contributed by atoms with Crippen molar-refractivity contribution < 1.29 is 47.2 Å². The minimum Gasteiger partial charge on any atom is -0.491 e. The van der Waals surface area contributed by atoms with Crippen molar-refractivity contribution in [1.29, 1.82) is 0 Å². The highest BCUT2D eigenvalue weighted by molar-refractivity contribution is 7.91. The van der Waals surface area contributed by atoms with Gasteiger partial charge in [-0.15, -0.1) is 0 Å². The second-order valence-corrected chi connectivity index (χ2v) is 8.99. The predicted molar refractivity (Wildman–Crippen MR) is 124 cm³/mol. The maximum Gasteiger partial charge on any atom is 0.330 e. The second kappa shape index (κ2) is 13.3. The highest BCUT2D eigenvalue weighted by atomic mass is 32.2. The van der Waals surface area contributed by atoms with Crippen molar-refractivity contribution in [2.45, 2.75) is 22.0 Å². The molecule has 2 rings (SSSR count). The third kappa shape index (κ3) is 8.89. The molecule has 0 bridgehead atoms. The van der Waals surface area contributed by atoms with Gasteiger partial charge in [-0.2, -0.15) is 0 Å². The molecule has 10 nitrogen and oxygen atoms in total. The summed E-state index contributed by atoms with van der Waals surface area (Å²) in [4.78, 5) is 22.0. The molecule has 0 saturated carbocycles. The van der Waals surface area contributed by atoms with E-state index in [9.17, 15) is 28.2 Å². The van der Waals surface area contributed by atoms with Crippen LogP contribution in [0.3, 0.4) is 0 Å². The standard InChI is InChI=1S/C24H26O10S/c1-3-23(27)33-15-17(25)13-31-19-5-9-21(10-6-19)35(29,30)22-11-7-20(8-12-22)32-14-18(26)16-34-24(28)4-2/h3-12,17-18,25-26H,1-2,13-16H2. The van der Waals surface area contributed by atoms with E-state index in [2.05, 4.69) is 13.2 Å². The van der Waals surface area contributed by atoms with Crippen LogP contribution in [0.5, 0.6) is 11.5 Å². The zero-order valence-electron chi connectivity index (χ0n) is 18.7. The summed E-state index contributed by atoms with van der Waals surface area (Å²) in [5.41, 5.74) is 0. The molecule has 2 atom stereocenters. The molecule has 0 amide bonds. The Kier molecular flexibility index (Phi) is 10.5. The van der Waals surface area contributed by atoms with E-state index >= 15 is 0 Å². The van der Waals surface area contributed by atoms with E-state index in [1.54, 1.807) is 0 Å². The normalized spacial score (nSPS) is 12.6. The number of aliphatic hydroxyl groups excluding tert-OH is 2. The average molecular weight is 507 g/mol. The lowest BCUT2D eigenvalue weighted by atomic mass is 10.3. The van der Waals surface area contributed by atoms with Gasteiger partial charge < -0.3 is 29.2 Å². The van der Waals surface area contributed by atoms with Crippen LogP contribution in [0.4, 0.5) is 0 Å². The van der Waals surface area contributed by atoms with E-state index in [0.29, 0.717) is 11.5 Å². The summed E-state index contributed by atoms with van der Waals surface area (Å²) in [6, 6.07) is 11.2. The zero-order valence-corrected chi connectivity index (χ0v) is 19.6. The number of ether oxygens (including phenoxy) is 4. The van der Waals surface area contributed by atoms with Crippen molar-refractivity contribution in [3.8, 4) is 11.5 Å². The van der Waals surface area contributed by atoms with Gasteiger partial charge in [-0.3, -0.25) is 0 Å². The number of carbonyl (C=O) groups excluding carboxylic acids is 2. The van der Waals surface area contributed by atoms with E-state index < -0.39 is 34.0 Å². The molecular formula is C24H26O10S. The first kappa shape index (κ1) is 27.6. The Hall–Kier alpha value is -3.67. The molecule has 35 heavy (non-hydrogen) atoms. The number of aliphatic hydroxyl groups is 2. The lowest BCUT2D eigenvalue weighted by Crippen LogP contribution is -2.24. The summed E-state index contributed by atoms with van der Waals surface area (Å²) in [5, 5.41) is 19.5. The van der Waals surface area contributed by atoms with Crippen LogP contribution in [0, 0.1) is 0 Å². The summed E-state index contributed by atoms with van der Waals surface area (Å²) in [6.45, 7) is 5.64. The number of sulfone groups is 1. The number of carbonyl (C=O) groups is 2. The third-order valence-corrected chi connectivity index (χ3v) is 6.11. The van der Waals surface area contributed by atoms with Crippen LogP contribution in [0.2, 0.25) is 0 Å². The van der Waals surface area contributed by atoms with Crippen LogP contribution in [0.25, 0.3) is 0 Å². The molecule has 0 spiro atoms. The molecule has 0 fully saturated rings.